The average Bonchev–Trinajstić information content (AvgIpc) is 3.02. The molecule has 1 spiro atoms. The standard InChI is InChI=1S/C23H34N6O.HI/c1-5-30-20-14-19(23(20)12-9-13-23)26-22(24-15-21-28-27-17(3)29(21)4)25-16(2)18-10-7-6-8-11-18;/h6-8,10-11,16,19-20H,5,9,12-15H2,1-4H3,(H2,24,25,26);1H. The van der Waals surface area contributed by atoms with Crippen molar-refractivity contribution in [3.8, 4) is 0 Å². The van der Waals surface area contributed by atoms with Crippen LogP contribution in [0.4, 0.5) is 0 Å². The number of aromatic nitrogens is 3. The fourth-order valence-corrected chi connectivity index (χ4v) is 4.71. The molecule has 2 aromatic rings. The van der Waals surface area contributed by atoms with Gasteiger partial charge in [-0.1, -0.05) is 36.8 Å². The van der Waals surface area contributed by atoms with Gasteiger partial charge in [0, 0.05) is 25.1 Å². The molecule has 1 aromatic carbocycles. The minimum atomic E-state index is 0. The Balaban J connectivity index is 0.00000272. The van der Waals surface area contributed by atoms with Gasteiger partial charge in [0.15, 0.2) is 11.8 Å². The Morgan fingerprint density at radius 3 is 2.61 bits per heavy atom. The molecule has 31 heavy (non-hydrogen) atoms. The van der Waals surface area contributed by atoms with Crippen LogP contribution in [0.15, 0.2) is 35.3 Å². The maximum atomic E-state index is 6.02. The predicted molar refractivity (Wildman–Crippen MR) is 134 cm³/mol. The largest absolute Gasteiger partial charge is 0.378 e. The van der Waals surface area contributed by atoms with Crippen LogP contribution < -0.4 is 10.6 Å². The van der Waals surface area contributed by atoms with Crippen LogP contribution in [0.3, 0.4) is 0 Å². The number of halogens is 1. The molecule has 0 bridgehead atoms. The van der Waals surface area contributed by atoms with E-state index in [1.54, 1.807) is 0 Å². The molecule has 3 atom stereocenters. The zero-order valence-electron chi connectivity index (χ0n) is 19.0. The molecular formula is C23H35IN6O. The number of ether oxygens (including phenoxy) is 1. The first kappa shape index (κ1) is 24.0. The Morgan fingerprint density at radius 2 is 2.03 bits per heavy atom. The van der Waals surface area contributed by atoms with Crippen LogP contribution in [0.2, 0.25) is 0 Å². The highest BCUT2D eigenvalue weighted by molar-refractivity contribution is 14.0. The fraction of sp³-hybridized carbons (Fsp3) is 0.609. The van der Waals surface area contributed by atoms with Crippen molar-refractivity contribution in [2.75, 3.05) is 6.61 Å². The van der Waals surface area contributed by atoms with Gasteiger partial charge in [0.1, 0.15) is 12.4 Å². The summed E-state index contributed by atoms with van der Waals surface area (Å²) in [6.45, 7) is 7.49. The lowest BCUT2D eigenvalue weighted by Crippen LogP contribution is -2.68. The Morgan fingerprint density at radius 1 is 1.29 bits per heavy atom. The van der Waals surface area contributed by atoms with Crippen LogP contribution in [-0.2, 0) is 18.3 Å². The summed E-state index contributed by atoms with van der Waals surface area (Å²) >= 11 is 0. The van der Waals surface area contributed by atoms with Crippen molar-refractivity contribution < 1.29 is 4.74 Å². The van der Waals surface area contributed by atoms with Crippen LogP contribution in [0.1, 0.15) is 62.8 Å². The lowest BCUT2D eigenvalue weighted by molar-refractivity contribution is -0.168. The van der Waals surface area contributed by atoms with E-state index in [0.29, 0.717) is 18.7 Å². The minimum Gasteiger partial charge on any atom is -0.378 e. The van der Waals surface area contributed by atoms with E-state index in [4.69, 9.17) is 9.73 Å². The molecule has 0 amide bonds. The molecule has 7 nitrogen and oxygen atoms in total. The van der Waals surface area contributed by atoms with Crippen LogP contribution in [-0.4, -0.2) is 39.5 Å². The minimum absolute atomic E-state index is 0. The summed E-state index contributed by atoms with van der Waals surface area (Å²) in [5, 5.41) is 15.7. The number of aliphatic imine (C=N–C) groups is 1. The number of guanidine groups is 1. The zero-order chi connectivity index (χ0) is 21.1. The topological polar surface area (TPSA) is 76.4 Å². The fourth-order valence-electron chi connectivity index (χ4n) is 4.71. The maximum absolute atomic E-state index is 6.02. The molecule has 4 rings (SSSR count). The van der Waals surface area contributed by atoms with Crippen LogP contribution in [0, 0.1) is 12.3 Å². The van der Waals surface area contributed by atoms with Crippen molar-refractivity contribution in [1.82, 2.24) is 25.4 Å². The molecule has 3 unspecified atom stereocenters. The lowest BCUT2D eigenvalue weighted by Gasteiger charge is -2.61. The highest BCUT2D eigenvalue weighted by atomic mass is 127. The van der Waals surface area contributed by atoms with E-state index in [2.05, 4.69) is 58.9 Å². The van der Waals surface area contributed by atoms with Crippen molar-refractivity contribution >= 4 is 29.9 Å². The van der Waals surface area contributed by atoms with E-state index < -0.39 is 0 Å². The van der Waals surface area contributed by atoms with Gasteiger partial charge in [0.2, 0.25) is 0 Å². The van der Waals surface area contributed by atoms with Crippen molar-refractivity contribution in [2.45, 2.75) is 71.2 Å². The molecule has 0 aliphatic heterocycles. The third-order valence-corrected chi connectivity index (χ3v) is 6.96. The highest BCUT2D eigenvalue weighted by Gasteiger charge is 2.59. The third kappa shape index (κ3) is 4.89. The third-order valence-electron chi connectivity index (χ3n) is 6.96. The Labute approximate surface area is 202 Å². The number of nitrogens with one attached hydrogen (secondary N) is 2. The normalized spacial score (nSPS) is 22.8. The van der Waals surface area contributed by atoms with E-state index in [-0.39, 0.29) is 35.4 Å². The molecule has 0 radical (unpaired) electrons. The van der Waals surface area contributed by atoms with Gasteiger partial charge in [0.25, 0.3) is 0 Å². The van der Waals surface area contributed by atoms with E-state index in [1.165, 1.54) is 24.8 Å². The van der Waals surface area contributed by atoms with Crippen molar-refractivity contribution in [3.05, 3.63) is 47.5 Å². The lowest BCUT2D eigenvalue weighted by atomic mass is 9.51. The Kier molecular flexibility index (Phi) is 7.96. The maximum Gasteiger partial charge on any atom is 0.192 e. The van der Waals surface area contributed by atoms with Crippen molar-refractivity contribution in [1.29, 1.82) is 0 Å². The van der Waals surface area contributed by atoms with Crippen molar-refractivity contribution in [2.24, 2.45) is 17.5 Å². The van der Waals surface area contributed by atoms with Crippen molar-refractivity contribution in [3.63, 3.8) is 0 Å². The van der Waals surface area contributed by atoms with Gasteiger partial charge in [-0.25, -0.2) is 4.99 Å². The summed E-state index contributed by atoms with van der Waals surface area (Å²) < 4.78 is 8.01. The molecule has 8 heteroatoms. The summed E-state index contributed by atoms with van der Waals surface area (Å²) in [6.07, 6.45) is 5.18. The van der Waals surface area contributed by atoms with Crippen LogP contribution >= 0.6 is 24.0 Å². The first-order chi connectivity index (χ1) is 14.5. The van der Waals surface area contributed by atoms with E-state index in [1.807, 2.05) is 24.6 Å². The monoisotopic (exact) mass is 538 g/mol. The second-order valence-corrected chi connectivity index (χ2v) is 8.63. The van der Waals surface area contributed by atoms with E-state index in [0.717, 1.165) is 30.6 Å². The van der Waals surface area contributed by atoms with Gasteiger partial charge in [-0.3, -0.25) is 0 Å². The molecule has 2 aliphatic carbocycles. The molecule has 2 aliphatic rings. The number of rotatable bonds is 7. The molecule has 170 valence electrons. The van der Waals surface area contributed by atoms with Gasteiger partial charge < -0.3 is 19.9 Å². The molecule has 2 saturated carbocycles. The van der Waals surface area contributed by atoms with E-state index >= 15 is 0 Å². The summed E-state index contributed by atoms with van der Waals surface area (Å²) in [7, 11) is 1.98. The Hall–Kier alpha value is -1.68. The van der Waals surface area contributed by atoms with Gasteiger partial charge in [-0.2, -0.15) is 0 Å². The number of benzene rings is 1. The number of aryl methyl sites for hydroxylation is 1. The van der Waals surface area contributed by atoms with Crippen LogP contribution in [0.5, 0.6) is 0 Å². The SMILES string of the molecule is CCOC1CC(NC(=NCc2nnc(C)n2C)NC(C)c2ccccc2)C12CCC2.I. The second kappa shape index (κ2) is 10.3. The Bertz CT molecular complexity index is 879. The zero-order valence-corrected chi connectivity index (χ0v) is 21.3. The summed E-state index contributed by atoms with van der Waals surface area (Å²) in [5.41, 5.74) is 1.51. The molecular weight excluding hydrogens is 503 g/mol. The van der Waals surface area contributed by atoms with Gasteiger partial charge >= 0.3 is 0 Å². The summed E-state index contributed by atoms with van der Waals surface area (Å²) in [4.78, 5) is 4.88. The highest BCUT2D eigenvalue weighted by Crippen LogP contribution is 2.57. The molecule has 1 aromatic heterocycles. The van der Waals surface area contributed by atoms with Crippen LogP contribution in [0.25, 0.3) is 0 Å². The number of nitrogens with zero attached hydrogens (tertiary/aromatic N) is 4. The predicted octanol–water partition coefficient (Wildman–Crippen LogP) is 3.89. The molecule has 2 fully saturated rings. The molecule has 2 N–H and O–H groups in total. The average molecular weight is 538 g/mol. The number of hydrogen-bond acceptors (Lipinski definition) is 4. The summed E-state index contributed by atoms with van der Waals surface area (Å²) in [6, 6.07) is 11.0. The first-order valence-electron chi connectivity index (χ1n) is 11.1. The molecule has 1 heterocycles. The quantitative estimate of drug-likeness (QED) is 0.318. The van der Waals surface area contributed by atoms with Gasteiger partial charge in [-0.15, -0.1) is 34.2 Å². The first-order valence-corrected chi connectivity index (χ1v) is 11.1. The molecule has 0 saturated heterocycles. The number of hydrogen-bond donors (Lipinski definition) is 2. The van der Waals surface area contributed by atoms with Gasteiger partial charge in [-0.05, 0) is 45.6 Å². The smallest absolute Gasteiger partial charge is 0.192 e. The summed E-state index contributed by atoms with van der Waals surface area (Å²) in [5.74, 6) is 2.59. The van der Waals surface area contributed by atoms with E-state index in [9.17, 15) is 0 Å². The van der Waals surface area contributed by atoms with Gasteiger partial charge in [0.05, 0.1) is 12.1 Å². The second-order valence-electron chi connectivity index (χ2n) is 8.63.